The third kappa shape index (κ3) is 9.89. The van der Waals surface area contributed by atoms with Crippen LogP contribution in [-0.4, -0.2) is 21.7 Å². The van der Waals surface area contributed by atoms with Crippen LogP contribution in [0.3, 0.4) is 0 Å². The largest absolute Gasteiger partial charge is 1.00 e. The summed E-state index contributed by atoms with van der Waals surface area (Å²) in [5.74, 6) is -0.823. The van der Waals surface area contributed by atoms with Gasteiger partial charge in [0.1, 0.15) is 0 Å². The molecule has 0 radical (unpaired) electrons. The van der Waals surface area contributed by atoms with Gasteiger partial charge in [-0.25, -0.2) is 0 Å². The van der Waals surface area contributed by atoms with Gasteiger partial charge in [-0.2, -0.15) is 5.06 Å². The molecular weight excluding hydrogens is 247 g/mol. The quantitative estimate of drug-likeness (QED) is 0.175. The Labute approximate surface area is 130 Å². The summed E-state index contributed by atoms with van der Waals surface area (Å²) in [5, 5.41) is 8.57. The molecule has 0 saturated heterocycles. The fourth-order valence-corrected chi connectivity index (χ4v) is 0.580. The van der Waals surface area contributed by atoms with E-state index in [1.54, 1.807) is 0 Å². The molecule has 0 aliphatic heterocycles. The molecular formula is C5H6NNa2O6P. The zero-order valence-electron chi connectivity index (χ0n) is 8.54. The molecule has 0 bridgehead atoms. The number of carbonyl (C=O) groups excluding carboxylic acids is 2. The van der Waals surface area contributed by atoms with Gasteiger partial charge >= 0.3 is 59.1 Å². The van der Waals surface area contributed by atoms with Crippen LogP contribution in [0.1, 0.15) is 6.92 Å². The summed E-state index contributed by atoms with van der Waals surface area (Å²) >= 11 is 0. The number of carbonyl (C=O) groups is 2. The Morgan fingerprint density at radius 2 is 1.73 bits per heavy atom. The minimum atomic E-state index is -5.32. The first kappa shape index (κ1) is 21.3. The number of amides is 1. The van der Waals surface area contributed by atoms with Gasteiger partial charge in [0.05, 0.1) is 0 Å². The van der Waals surface area contributed by atoms with Crippen molar-refractivity contribution in [2.75, 3.05) is 0 Å². The Morgan fingerprint density at radius 3 is 2.00 bits per heavy atom. The van der Waals surface area contributed by atoms with Crippen LogP contribution in [0.25, 0.3) is 0 Å². The average Bonchev–Trinajstić information content (AvgIpc) is 1.97. The molecule has 0 heterocycles. The van der Waals surface area contributed by atoms with E-state index in [2.05, 4.69) is 0 Å². The molecule has 1 amide bonds. The summed E-state index contributed by atoms with van der Waals surface area (Å²) in [4.78, 5) is 40.7. The van der Waals surface area contributed by atoms with Gasteiger partial charge in [0, 0.05) is 26.8 Å². The molecule has 0 aromatic heterocycles. The van der Waals surface area contributed by atoms with Crippen LogP contribution in [0.5, 0.6) is 0 Å². The molecule has 10 heteroatoms. The van der Waals surface area contributed by atoms with Gasteiger partial charge in [-0.3, -0.25) is 14.8 Å². The summed E-state index contributed by atoms with van der Waals surface area (Å²) in [6, 6.07) is 0. The van der Waals surface area contributed by atoms with Crippen LogP contribution in [0, 0.1) is 0 Å². The topological polar surface area (TPSA) is 121 Å². The minimum Gasteiger partial charge on any atom is -0.805 e. The van der Waals surface area contributed by atoms with Crippen molar-refractivity contribution >= 4 is 19.0 Å². The molecule has 74 valence electrons. The molecule has 0 aliphatic carbocycles. The maximum Gasteiger partial charge on any atom is 1.00 e. The summed E-state index contributed by atoms with van der Waals surface area (Å²) in [5.41, 5.74) is -1.70. The maximum absolute atomic E-state index is 10.4. The molecule has 7 nitrogen and oxygen atoms in total. The molecule has 0 aliphatic rings. The van der Waals surface area contributed by atoms with Crippen molar-refractivity contribution < 1.29 is 88.3 Å². The van der Waals surface area contributed by atoms with E-state index in [0.717, 1.165) is 6.92 Å². The van der Waals surface area contributed by atoms with Crippen molar-refractivity contribution in [3.05, 3.63) is 12.3 Å². The monoisotopic (exact) mass is 253 g/mol. The van der Waals surface area contributed by atoms with Crippen LogP contribution >= 0.6 is 7.60 Å². The third-order valence-corrected chi connectivity index (χ3v) is 1.64. The molecule has 0 aromatic carbocycles. The van der Waals surface area contributed by atoms with E-state index < -0.39 is 19.0 Å². The zero-order valence-corrected chi connectivity index (χ0v) is 13.4. The van der Waals surface area contributed by atoms with E-state index in [-0.39, 0.29) is 64.2 Å². The molecule has 0 spiro atoms. The number of rotatable bonds is 3. The molecule has 0 aromatic rings. The first-order valence-corrected chi connectivity index (χ1v) is 4.53. The van der Waals surface area contributed by atoms with Gasteiger partial charge in [0.15, 0.2) is 5.52 Å². The smallest absolute Gasteiger partial charge is 0.805 e. The molecule has 0 saturated carbocycles. The Morgan fingerprint density at radius 1 is 1.33 bits per heavy atom. The summed E-state index contributed by atoms with van der Waals surface area (Å²) < 4.78 is 10.00. The van der Waals surface area contributed by atoms with Crippen molar-refractivity contribution in [3.8, 4) is 0 Å². The third-order valence-electron chi connectivity index (χ3n) is 0.951. The van der Waals surface area contributed by atoms with Crippen molar-refractivity contribution in [1.29, 1.82) is 0 Å². The Kier molecular flexibility index (Phi) is 12.9. The van der Waals surface area contributed by atoms with Crippen molar-refractivity contribution in [2.45, 2.75) is 6.92 Å². The second kappa shape index (κ2) is 9.07. The van der Waals surface area contributed by atoms with E-state index in [1.807, 2.05) is 0 Å². The normalized spacial score (nSPS) is 10.1. The van der Waals surface area contributed by atoms with Crippen molar-refractivity contribution in [2.24, 2.45) is 0 Å². The van der Waals surface area contributed by atoms with Gasteiger partial charge in [0.25, 0.3) is 0 Å². The summed E-state index contributed by atoms with van der Waals surface area (Å²) in [6.45, 7) is 0.975. The second-order valence-electron chi connectivity index (χ2n) is 2.02. The van der Waals surface area contributed by atoms with E-state index >= 15 is 0 Å². The molecule has 0 atom stereocenters. The maximum atomic E-state index is 10.4. The van der Waals surface area contributed by atoms with Gasteiger partial charge in [-0.15, -0.1) is 0 Å². The number of hydrogen-bond acceptors (Lipinski definition) is 6. The zero-order chi connectivity index (χ0) is 10.6. The van der Waals surface area contributed by atoms with Crippen LogP contribution in [0.15, 0.2) is 12.3 Å². The van der Waals surface area contributed by atoms with Gasteiger partial charge < -0.3 is 14.4 Å². The van der Waals surface area contributed by atoms with Crippen LogP contribution in [-0.2, 0) is 14.2 Å². The Balaban J connectivity index is -0.000000720. The van der Waals surface area contributed by atoms with Crippen LogP contribution in [0.4, 0.5) is 0 Å². The minimum absolute atomic E-state index is 0. The summed E-state index contributed by atoms with van der Waals surface area (Å²) in [6.07, 6.45) is 0.773. The van der Waals surface area contributed by atoms with Gasteiger partial charge in [-0.1, -0.05) is 0 Å². The second-order valence-corrected chi connectivity index (χ2v) is 3.45. The van der Waals surface area contributed by atoms with Crippen molar-refractivity contribution in [3.63, 3.8) is 0 Å². The first-order valence-electron chi connectivity index (χ1n) is 2.98. The molecule has 0 fully saturated rings. The number of nitrogens with zero attached hydrogens (tertiary/aromatic N) is 1. The van der Waals surface area contributed by atoms with E-state index in [1.165, 1.54) is 0 Å². The average molecular weight is 253 g/mol. The molecule has 1 N–H and O–H groups in total. The Hall–Kier alpha value is 0.990. The van der Waals surface area contributed by atoms with Gasteiger partial charge in [-0.05, 0) is 0 Å². The predicted octanol–water partition coefficient (Wildman–Crippen LogP) is -7.81. The fraction of sp³-hybridized carbons (Fsp3) is 0.200. The number of hydrogen-bond donors (Lipinski definition) is 1. The van der Waals surface area contributed by atoms with E-state index in [9.17, 15) is 23.9 Å². The number of allylic oxidation sites excluding steroid dienone is 1. The van der Waals surface area contributed by atoms with Crippen LogP contribution in [0.2, 0.25) is 0 Å². The molecule has 15 heavy (non-hydrogen) atoms. The van der Waals surface area contributed by atoms with Crippen molar-refractivity contribution in [1.82, 2.24) is 5.06 Å². The number of hydroxylamine groups is 2. The fourth-order valence-electron chi connectivity index (χ4n) is 0.331. The first-order chi connectivity index (χ1) is 5.75. The predicted molar refractivity (Wildman–Crippen MR) is 36.1 cm³/mol. The standard InChI is InChI=1S/C5H8NO6P.2Na/c1-4(7)6(9)3-2-5(8)13(10,11)12;;/h2-3,9H,1H3,(H2,10,11,12);;/q;2*+1/p-2. The Bertz CT molecular complexity index is 300. The SMILES string of the molecule is CC(=O)N(O)C=CC(=O)P(=O)([O-])[O-].[Na+].[Na+]. The molecule has 0 rings (SSSR count). The van der Waals surface area contributed by atoms with E-state index in [0.29, 0.717) is 12.3 Å². The van der Waals surface area contributed by atoms with Gasteiger partial charge in [0.2, 0.25) is 5.91 Å². The van der Waals surface area contributed by atoms with E-state index in [4.69, 9.17) is 5.21 Å². The summed E-state index contributed by atoms with van der Waals surface area (Å²) in [7, 11) is -5.32. The molecule has 0 unspecified atom stereocenters. The van der Waals surface area contributed by atoms with Crippen LogP contribution < -0.4 is 68.9 Å².